The Balaban J connectivity index is 2.48. The molecule has 0 aliphatic rings. The second kappa shape index (κ2) is 4.40. The van der Waals surface area contributed by atoms with Gasteiger partial charge in [0.25, 0.3) is 5.91 Å². The second-order valence-electron chi connectivity index (χ2n) is 3.25. The predicted molar refractivity (Wildman–Crippen MR) is 63.2 cm³/mol. The molecule has 0 saturated carbocycles. The van der Waals surface area contributed by atoms with Crippen LogP contribution < -0.4 is 5.73 Å². The van der Waals surface area contributed by atoms with Crippen molar-refractivity contribution in [2.24, 2.45) is 5.73 Å². The molecular formula is C11H11N3OS. The van der Waals surface area contributed by atoms with Gasteiger partial charge in [0.05, 0.1) is 5.69 Å². The number of nitrogens with two attached hydrogens (primary N) is 1. The van der Waals surface area contributed by atoms with Crippen LogP contribution in [-0.2, 0) is 6.42 Å². The minimum atomic E-state index is -0.408. The molecule has 0 fully saturated rings. The largest absolute Gasteiger partial charge is 0.365 e. The molecule has 0 radical (unpaired) electrons. The maximum atomic E-state index is 11.2. The fraction of sp³-hybridized carbons (Fsp3) is 0.182. The van der Waals surface area contributed by atoms with Crippen LogP contribution in [-0.4, -0.2) is 15.9 Å². The van der Waals surface area contributed by atoms with Gasteiger partial charge >= 0.3 is 0 Å². The minimum Gasteiger partial charge on any atom is -0.365 e. The number of carbonyl (C=O) groups is 1. The lowest BCUT2D eigenvalue weighted by Gasteiger charge is -1.92. The van der Waals surface area contributed by atoms with Crippen LogP contribution in [0.5, 0.6) is 0 Å². The summed E-state index contributed by atoms with van der Waals surface area (Å²) in [4.78, 5) is 20.1. The Bertz CT molecular complexity index is 507. The molecular weight excluding hydrogens is 222 g/mol. The molecule has 5 heteroatoms. The molecule has 0 bridgehead atoms. The van der Waals surface area contributed by atoms with Crippen LogP contribution >= 0.6 is 11.3 Å². The lowest BCUT2D eigenvalue weighted by Crippen LogP contribution is -2.11. The third kappa shape index (κ3) is 1.94. The second-order valence-corrected chi connectivity index (χ2v) is 4.25. The van der Waals surface area contributed by atoms with Gasteiger partial charge in [-0.1, -0.05) is 6.92 Å². The summed E-state index contributed by atoms with van der Waals surface area (Å²) in [7, 11) is 0. The van der Waals surface area contributed by atoms with Crippen molar-refractivity contribution in [3.05, 3.63) is 35.1 Å². The molecule has 2 rings (SSSR count). The number of aryl methyl sites for hydroxylation is 1. The van der Waals surface area contributed by atoms with Gasteiger partial charge in [0.15, 0.2) is 0 Å². The number of rotatable bonds is 3. The number of amides is 1. The molecule has 0 aliphatic heterocycles. The first-order valence-electron chi connectivity index (χ1n) is 4.92. The topological polar surface area (TPSA) is 68.9 Å². The number of nitrogens with zero attached hydrogens (tertiary/aromatic N) is 2. The molecule has 0 aliphatic carbocycles. The van der Waals surface area contributed by atoms with E-state index in [0.29, 0.717) is 11.3 Å². The van der Waals surface area contributed by atoms with E-state index in [2.05, 4.69) is 9.97 Å². The number of aromatic nitrogens is 2. The molecule has 2 aromatic rings. The summed E-state index contributed by atoms with van der Waals surface area (Å²) in [6.07, 6.45) is 4.11. The Morgan fingerprint density at radius 1 is 1.44 bits per heavy atom. The van der Waals surface area contributed by atoms with Crippen molar-refractivity contribution in [1.82, 2.24) is 9.97 Å². The predicted octanol–water partition coefficient (Wildman–Crippen LogP) is 1.87. The van der Waals surface area contributed by atoms with E-state index in [-0.39, 0.29) is 0 Å². The van der Waals surface area contributed by atoms with Gasteiger partial charge in [-0.15, -0.1) is 11.3 Å². The van der Waals surface area contributed by atoms with Crippen LogP contribution in [0.1, 0.15) is 22.3 Å². The van der Waals surface area contributed by atoms with Crippen LogP contribution in [0, 0.1) is 0 Å². The van der Waals surface area contributed by atoms with Crippen molar-refractivity contribution in [2.75, 3.05) is 0 Å². The fourth-order valence-electron chi connectivity index (χ4n) is 1.40. The van der Waals surface area contributed by atoms with Gasteiger partial charge in [-0.25, -0.2) is 4.98 Å². The molecule has 2 heterocycles. The smallest absolute Gasteiger partial charge is 0.260 e. The van der Waals surface area contributed by atoms with Crippen molar-refractivity contribution in [2.45, 2.75) is 13.3 Å². The van der Waals surface area contributed by atoms with E-state index in [9.17, 15) is 4.79 Å². The zero-order chi connectivity index (χ0) is 11.5. The lowest BCUT2D eigenvalue weighted by molar-refractivity contribution is 0.100. The highest BCUT2D eigenvalue weighted by Gasteiger charge is 2.14. The van der Waals surface area contributed by atoms with Gasteiger partial charge in [0.1, 0.15) is 9.88 Å². The fourth-order valence-corrected chi connectivity index (χ4v) is 2.41. The third-order valence-corrected chi connectivity index (χ3v) is 3.34. The van der Waals surface area contributed by atoms with Crippen molar-refractivity contribution < 1.29 is 4.79 Å². The van der Waals surface area contributed by atoms with Crippen molar-refractivity contribution in [1.29, 1.82) is 0 Å². The molecule has 0 saturated heterocycles. The molecule has 0 unspecified atom stereocenters. The molecule has 2 aromatic heterocycles. The van der Waals surface area contributed by atoms with E-state index in [0.717, 1.165) is 16.3 Å². The van der Waals surface area contributed by atoms with Gasteiger partial charge < -0.3 is 5.73 Å². The Morgan fingerprint density at radius 3 is 2.62 bits per heavy atom. The average Bonchev–Trinajstić information content (AvgIpc) is 2.74. The highest BCUT2D eigenvalue weighted by Crippen LogP contribution is 2.27. The summed E-state index contributed by atoms with van der Waals surface area (Å²) < 4.78 is 0. The van der Waals surface area contributed by atoms with Crippen molar-refractivity contribution in [3.63, 3.8) is 0 Å². The Morgan fingerprint density at radius 2 is 2.12 bits per heavy atom. The average molecular weight is 233 g/mol. The molecule has 0 spiro atoms. The maximum Gasteiger partial charge on any atom is 0.260 e. The van der Waals surface area contributed by atoms with Crippen LogP contribution in [0.4, 0.5) is 0 Å². The monoisotopic (exact) mass is 233 g/mol. The summed E-state index contributed by atoms with van der Waals surface area (Å²) >= 11 is 1.33. The van der Waals surface area contributed by atoms with E-state index in [4.69, 9.17) is 5.73 Å². The van der Waals surface area contributed by atoms with Gasteiger partial charge in [-0.05, 0) is 18.6 Å². The van der Waals surface area contributed by atoms with E-state index < -0.39 is 5.91 Å². The molecule has 4 nitrogen and oxygen atoms in total. The van der Waals surface area contributed by atoms with Crippen LogP contribution in [0.3, 0.4) is 0 Å². The van der Waals surface area contributed by atoms with Crippen LogP contribution in [0.2, 0.25) is 0 Å². The SMILES string of the molecule is CCc1nc(-c2ccncc2)sc1C(N)=O. The molecule has 16 heavy (non-hydrogen) atoms. The Kier molecular flexibility index (Phi) is 2.96. The molecule has 2 N–H and O–H groups in total. The first-order valence-corrected chi connectivity index (χ1v) is 5.74. The van der Waals surface area contributed by atoms with E-state index in [1.54, 1.807) is 12.4 Å². The summed E-state index contributed by atoms with van der Waals surface area (Å²) in [5.41, 5.74) is 7.03. The zero-order valence-electron chi connectivity index (χ0n) is 8.80. The summed E-state index contributed by atoms with van der Waals surface area (Å²) in [6, 6.07) is 3.73. The first kappa shape index (κ1) is 10.8. The standard InChI is InChI=1S/C11H11N3OS/c1-2-8-9(10(12)15)16-11(14-8)7-3-5-13-6-4-7/h3-6H,2H2,1H3,(H2,12,15). The number of pyridine rings is 1. The first-order chi connectivity index (χ1) is 7.72. The van der Waals surface area contributed by atoms with E-state index in [1.165, 1.54) is 11.3 Å². The molecule has 1 amide bonds. The number of hydrogen-bond donors (Lipinski definition) is 1. The number of carbonyl (C=O) groups excluding carboxylic acids is 1. The lowest BCUT2D eigenvalue weighted by atomic mass is 10.2. The van der Waals surface area contributed by atoms with Gasteiger partial charge in [0, 0.05) is 18.0 Å². The van der Waals surface area contributed by atoms with Gasteiger partial charge in [-0.2, -0.15) is 0 Å². The van der Waals surface area contributed by atoms with Gasteiger partial charge in [0.2, 0.25) is 0 Å². The highest BCUT2D eigenvalue weighted by atomic mass is 32.1. The number of hydrogen-bond acceptors (Lipinski definition) is 4. The third-order valence-electron chi connectivity index (χ3n) is 2.18. The van der Waals surface area contributed by atoms with Crippen LogP contribution in [0.25, 0.3) is 10.6 Å². The van der Waals surface area contributed by atoms with Crippen molar-refractivity contribution in [3.8, 4) is 10.6 Å². The Labute approximate surface area is 97.2 Å². The molecule has 0 aromatic carbocycles. The number of thiazole rings is 1. The minimum absolute atomic E-state index is 0.408. The van der Waals surface area contributed by atoms with E-state index in [1.807, 2.05) is 19.1 Å². The van der Waals surface area contributed by atoms with E-state index >= 15 is 0 Å². The summed E-state index contributed by atoms with van der Waals surface area (Å²) in [5, 5.41) is 0.813. The Hall–Kier alpha value is -1.75. The van der Waals surface area contributed by atoms with Crippen LogP contribution in [0.15, 0.2) is 24.5 Å². The summed E-state index contributed by atoms with van der Waals surface area (Å²) in [5.74, 6) is -0.408. The zero-order valence-corrected chi connectivity index (χ0v) is 9.62. The summed E-state index contributed by atoms with van der Waals surface area (Å²) in [6.45, 7) is 1.96. The normalized spacial score (nSPS) is 10.3. The number of primary amides is 1. The van der Waals surface area contributed by atoms with Gasteiger partial charge in [-0.3, -0.25) is 9.78 Å². The molecule has 0 atom stereocenters. The highest BCUT2D eigenvalue weighted by molar-refractivity contribution is 7.17. The molecule has 82 valence electrons. The quantitative estimate of drug-likeness (QED) is 0.879. The van der Waals surface area contributed by atoms with Crippen molar-refractivity contribution >= 4 is 17.2 Å². The maximum absolute atomic E-state index is 11.2.